The highest BCUT2D eigenvalue weighted by atomic mass is 32.1. The molecule has 4 N–H and O–H groups in total. The van der Waals surface area contributed by atoms with E-state index in [1.165, 1.54) is 11.3 Å². The molecule has 0 unspecified atom stereocenters. The van der Waals surface area contributed by atoms with Crippen molar-refractivity contribution in [3.8, 4) is 5.75 Å². The normalized spacial score (nSPS) is 10.2. The van der Waals surface area contributed by atoms with Crippen molar-refractivity contribution in [2.45, 2.75) is 6.92 Å². The molecule has 1 aromatic heterocycles. The minimum absolute atomic E-state index is 0.0593. The second-order valence-electron chi connectivity index (χ2n) is 3.50. The van der Waals surface area contributed by atoms with Crippen molar-refractivity contribution in [2.75, 3.05) is 11.1 Å². The maximum absolute atomic E-state index is 11.8. The van der Waals surface area contributed by atoms with Gasteiger partial charge in [-0.15, -0.1) is 11.3 Å². The fourth-order valence-electron chi connectivity index (χ4n) is 1.34. The molecular weight excluding hydrogens is 238 g/mol. The number of phenols is 1. The number of nitrogens with two attached hydrogens (primary N) is 1. The van der Waals surface area contributed by atoms with Crippen LogP contribution in [0.2, 0.25) is 0 Å². The van der Waals surface area contributed by atoms with Crippen molar-refractivity contribution in [3.05, 3.63) is 34.8 Å². The Morgan fingerprint density at radius 2 is 2.29 bits per heavy atom. The van der Waals surface area contributed by atoms with Gasteiger partial charge in [0.2, 0.25) is 0 Å². The topological polar surface area (TPSA) is 88.2 Å². The van der Waals surface area contributed by atoms with Crippen LogP contribution in [-0.2, 0) is 0 Å². The molecule has 0 spiro atoms. The first-order valence-corrected chi connectivity index (χ1v) is 5.77. The zero-order chi connectivity index (χ0) is 12.4. The molecule has 2 aromatic rings. The summed E-state index contributed by atoms with van der Waals surface area (Å²) in [6, 6.07) is 5.13. The van der Waals surface area contributed by atoms with E-state index in [1.54, 1.807) is 30.5 Å². The molecule has 0 radical (unpaired) electrons. The number of hydrogen-bond donors (Lipinski definition) is 3. The number of nitrogens with one attached hydrogen (secondary N) is 1. The van der Waals surface area contributed by atoms with Crippen molar-refractivity contribution < 1.29 is 9.90 Å². The number of carbonyl (C=O) groups is 1. The first kappa shape index (κ1) is 11.4. The number of nitrogens with zero attached hydrogens (tertiary/aromatic N) is 1. The summed E-state index contributed by atoms with van der Waals surface area (Å²) in [4.78, 5) is 15.6. The summed E-state index contributed by atoms with van der Waals surface area (Å²) >= 11 is 1.19. The van der Waals surface area contributed by atoms with Crippen molar-refractivity contribution in [1.82, 2.24) is 4.98 Å². The number of rotatable bonds is 2. The van der Waals surface area contributed by atoms with E-state index >= 15 is 0 Å². The number of para-hydroxylation sites is 1. The van der Waals surface area contributed by atoms with Crippen LogP contribution in [0.1, 0.15) is 16.1 Å². The van der Waals surface area contributed by atoms with Gasteiger partial charge in [-0.1, -0.05) is 12.1 Å². The van der Waals surface area contributed by atoms with Crippen LogP contribution in [0.15, 0.2) is 23.6 Å². The molecule has 0 saturated carbocycles. The number of aromatic nitrogens is 1. The summed E-state index contributed by atoms with van der Waals surface area (Å²) in [5, 5.41) is 14.2. The van der Waals surface area contributed by atoms with Gasteiger partial charge in [0.25, 0.3) is 5.91 Å². The maximum Gasteiger partial charge on any atom is 0.275 e. The Morgan fingerprint density at radius 1 is 1.53 bits per heavy atom. The third-order valence-corrected chi connectivity index (χ3v) is 2.91. The minimum atomic E-state index is -0.390. The molecule has 5 nitrogen and oxygen atoms in total. The predicted molar refractivity (Wildman–Crippen MR) is 67.3 cm³/mol. The number of aromatic hydroxyl groups is 1. The predicted octanol–water partition coefficient (Wildman–Crippen LogP) is 1.99. The number of nitrogen functional groups attached to an aromatic ring is 1. The Labute approximate surface area is 102 Å². The van der Waals surface area contributed by atoms with Gasteiger partial charge in [-0.3, -0.25) is 4.79 Å². The number of aryl methyl sites for hydroxylation is 1. The van der Waals surface area contributed by atoms with E-state index in [9.17, 15) is 9.90 Å². The van der Waals surface area contributed by atoms with E-state index in [2.05, 4.69) is 10.3 Å². The van der Waals surface area contributed by atoms with Gasteiger partial charge < -0.3 is 16.2 Å². The lowest BCUT2D eigenvalue weighted by Gasteiger charge is -2.07. The molecule has 0 saturated heterocycles. The zero-order valence-corrected chi connectivity index (χ0v) is 9.91. The summed E-state index contributed by atoms with van der Waals surface area (Å²) < 4.78 is 0. The molecule has 0 bridgehead atoms. The van der Waals surface area contributed by atoms with Gasteiger partial charge in [0.1, 0.15) is 11.4 Å². The standard InChI is InChI=1S/C11H11N3O2S/c1-6-3-2-4-7(9(6)15)13-10(16)8-5-17-11(12)14-8/h2-5,15H,1H3,(H2,12,14)(H,13,16). The van der Waals surface area contributed by atoms with Gasteiger partial charge in [0, 0.05) is 5.38 Å². The summed E-state index contributed by atoms with van der Waals surface area (Å²) in [7, 11) is 0. The van der Waals surface area contributed by atoms with Crippen molar-refractivity contribution >= 4 is 28.1 Å². The van der Waals surface area contributed by atoms with Gasteiger partial charge >= 0.3 is 0 Å². The lowest BCUT2D eigenvalue weighted by Crippen LogP contribution is -2.12. The Balaban J connectivity index is 2.21. The van der Waals surface area contributed by atoms with Crippen LogP contribution in [0.25, 0.3) is 0 Å². The highest BCUT2D eigenvalue weighted by Gasteiger charge is 2.12. The van der Waals surface area contributed by atoms with Gasteiger partial charge in [0.15, 0.2) is 5.13 Å². The molecule has 1 heterocycles. The average molecular weight is 249 g/mol. The zero-order valence-electron chi connectivity index (χ0n) is 9.10. The fourth-order valence-corrected chi connectivity index (χ4v) is 1.88. The summed E-state index contributed by atoms with van der Waals surface area (Å²) in [5.74, 6) is -0.331. The highest BCUT2D eigenvalue weighted by molar-refractivity contribution is 7.13. The number of hydrogen-bond acceptors (Lipinski definition) is 5. The highest BCUT2D eigenvalue weighted by Crippen LogP contribution is 2.27. The lowest BCUT2D eigenvalue weighted by atomic mass is 10.2. The molecule has 0 aliphatic heterocycles. The molecule has 0 atom stereocenters. The molecule has 1 amide bonds. The Bertz CT molecular complexity index is 566. The van der Waals surface area contributed by atoms with E-state index in [-0.39, 0.29) is 17.4 Å². The Hall–Kier alpha value is -2.08. The monoisotopic (exact) mass is 249 g/mol. The third kappa shape index (κ3) is 2.36. The number of anilines is 2. The molecule has 0 fully saturated rings. The van der Waals surface area contributed by atoms with Crippen LogP contribution in [-0.4, -0.2) is 16.0 Å². The van der Waals surface area contributed by atoms with Crippen LogP contribution in [0.3, 0.4) is 0 Å². The SMILES string of the molecule is Cc1cccc(NC(=O)c2csc(N)n2)c1O. The summed E-state index contributed by atoms with van der Waals surface area (Å²) in [6.45, 7) is 1.76. The van der Waals surface area contributed by atoms with Crippen LogP contribution in [0.5, 0.6) is 5.75 Å². The van der Waals surface area contributed by atoms with Crippen LogP contribution < -0.4 is 11.1 Å². The first-order chi connectivity index (χ1) is 8.08. The summed E-state index contributed by atoms with van der Waals surface area (Å²) in [6.07, 6.45) is 0. The van der Waals surface area contributed by atoms with Gasteiger partial charge in [-0.25, -0.2) is 4.98 Å². The number of amides is 1. The number of benzene rings is 1. The van der Waals surface area contributed by atoms with Gasteiger partial charge in [-0.05, 0) is 18.6 Å². The molecule has 88 valence electrons. The molecular formula is C11H11N3O2S. The van der Waals surface area contributed by atoms with Crippen LogP contribution in [0, 0.1) is 6.92 Å². The fraction of sp³-hybridized carbons (Fsp3) is 0.0909. The lowest BCUT2D eigenvalue weighted by molar-refractivity contribution is 0.102. The number of thiazole rings is 1. The van der Waals surface area contributed by atoms with E-state index in [4.69, 9.17) is 5.73 Å². The van der Waals surface area contributed by atoms with Crippen molar-refractivity contribution in [1.29, 1.82) is 0 Å². The maximum atomic E-state index is 11.8. The third-order valence-electron chi connectivity index (χ3n) is 2.24. The Morgan fingerprint density at radius 3 is 2.94 bits per heavy atom. The largest absolute Gasteiger partial charge is 0.505 e. The van der Waals surface area contributed by atoms with E-state index in [1.807, 2.05) is 0 Å². The van der Waals surface area contributed by atoms with Gasteiger partial charge in [-0.2, -0.15) is 0 Å². The van der Waals surface area contributed by atoms with E-state index in [0.29, 0.717) is 16.4 Å². The summed E-state index contributed by atoms with van der Waals surface area (Å²) in [5.41, 5.74) is 6.74. The van der Waals surface area contributed by atoms with Crippen molar-refractivity contribution in [2.24, 2.45) is 0 Å². The number of carbonyl (C=O) groups excluding carboxylic acids is 1. The van der Waals surface area contributed by atoms with Crippen LogP contribution >= 0.6 is 11.3 Å². The smallest absolute Gasteiger partial charge is 0.275 e. The number of phenolic OH excluding ortho intramolecular Hbond substituents is 1. The second-order valence-corrected chi connectivity index (χ2v) is 4.39. The molecule has 6 heteroatoms. The Kier molecular flexibility index (Phi) is 2.97. The quantitative estimate of drug-likeness (QED) is 0.710. The first-order valence-electron chi connectivity index (χ1n) is 4.89. The molecule has 2 rings (SSSR count). The second kappa shape index (κ2) is 4.42. The van der Waals surface area contributed by atoms with Crippen LogP contribution in [0.4, 0.5) is 10.8 Å². The van der Waals surface area contributed by atoms with E-state index < -0.39 is 0 Å². The molecule has 1 aromatic carbocycles. The van der Waals surface area contributed by atoms with Gasteiger partial charge in [0.05, 0.1) is 5.69 Å². The van der Waals surface area contributed by atoms with Crippen molar-refractivity contribution in [3.63, 3.8) is 0 Å². The molecule has 17 heavy (non-hydrogen) atoms. The molecule has 0 aliphatic carbocycles. The minimum Gasteiger partial charge on any atom is -0.505 e. The molecule has 0 aliphatic rings. The average Bonchev–Trinajstić information content (AvgIpc) is 2.72. The van der Waals surface area contributed by atoms with E-state index in [0.717, 1.165) is 0 Å².